The van der Waals surface area contributed by atoms with Crippen molar-refractivity contribution in [1.82, 2.24) is 4.90 Å². The molecular weight excluding hydrogens is 244 g/mol. The van der Waals surface area contributed by atoms with Gasteiger partial charge in [-0.3, -0.25) is 0 Å². The molecule has 0 aliphatic carbocycles. The van der Waals surface area contributed by atoms with Crippen molar-refractivity contribution in [3.05, 3.63) is 35.4 Å². The minimum absolute atomic E-state index is 0.152. The zero-order valence-electron chi connectivity index (χ0n) is 13.1. The van der Waals surface area contributed by atoms with Crippen molar-refractivity contribution in [2.24, 2.45) is 5.73 Å². The fourth-order valence-corrected chi connectivity index (χ4v) is 3.01. The maximum atomic E-state index is 6.39. The summed E-state index contributed by atoms with van der Waals surface area (Å²) in [5.74, 6) is 0.644. The molecule has 0 spiro atoms. The third-order valence-corrected chi connectivity index (χ3v) is 4.70. The van der Waals surface area contributed by atoms with Gasteiger partial charge in [0.2, 0.25) is 0 Å². The lowest BCUT2D eigenvalue weighted by atomic mass is 9.96. The number of rotatable bonds is 5. The lowest BCUT2D eigenvalue weighted by molar-refractivity contribution is 0.268. The van der Waals surface area contributed by atoms with E-state index in [-0.39, 0.29) is 6.04 Å². The number of nitrogens with two attached hydrogens (primary N) is 1. The lowest BCUT2D eigenvalue weighted by Gasteiger charge is -2.24. The fraction of sp³-hybridized carbons (Fsp3) is 0.667. The molecular formula is C18H30N2. The maximum Gasteiger partial charge on any atom is 0.0424 e. The third-order valence-electron chi connectivity index (χ3n) is 4.70. The van der Waals surface area contributed by atoms with Gasteiger partial charge in [-0.25, -0.2) is 0 Å². The summed E-state index contributed by atoms with van der Waals surface area (Å²) >= 11 is 0. The van der Waals surface area contributed by atoms with Crippen LogP contribution in [0.1, 0.15) is 69.0 Å². The molecule has 1 aliphatic rings. The monoisotopic (exact) mass is 274 g/mol. The van der Waals surface area contributed by atoms with Gasteiger partial charge < -0.3 is 10.6 Å². The van der Waals surface area contributed by atoms with Crippen molar-refractivity contribution in [3.63, 3.8) is 0 Å². The van der Waals surface area contributed by atoms with E-state index in [1.165, 1.54) is 56.3 Å². The summed E-state index contributed by atoms with van der Waals surface area (Å²) in [5, 5.41) is 0. The molecule has 2 rings (SSSR count). The Morgan fingerprint density at radius 3 is 2.10 bits per heavy atom. The molecule has 1 aromatic carbocycles. The maximum absolute atomic E-state index is 6.39. The van der Waals surface area contributed by atoms with Gasteiger partial charge in [0, 0.05) is 12.6 Å². The Balaban J connectivity index is 1.92. The second-order valence-corrected chi connectivity index (χ2v) is 6.30. The van der Waals surface area contributed by atoms with E-state index in [2.05, 4.69) is 43.0 Å². The van der Waals surface area contributed by atoms with Crippen LogP contribution in [0.5, 0.6) is 0 Å². The summed E-state index contributed by atoms with van der Waals surface area (Å²) in [7, 11) is 0. The van der Waals surface area contributed by atoms with Gasteiger partial charge in [-0.05, 0) is 49.4 Å². The topological polar surface area (TPSA) is 29.3 Å². The van der Waals surface area contributed by atoms with Gasteiger partial charge in [-0.1, -0.05) is 51.0 Å². The second kappa shape index (κ2) is 7.80. The largest absolute Gasteiger partial charge is 0.323 e. The van der Waals surface area contributed by atoms with E-state index in [0.29, 0.717) is 5.92 Å². The molecule has 1 aromatic rings. The highest BCUT2D eigenvalue weighted by atomic mass is 15.1. The molecule has 1 saturated heterocycles. The van der Waals surface area contributed by atoms with E-state index in [4.69, 9.17) is 5.73 Å². The van der Waals surface area contributed by atoms with E-state index in [9.17, 15) is 0 Å². The second-order valence-electron chi connectivity index (χ2n) is 6.30. The number of benzene rings is 1. The number of hydrogen-bond acceptors (Lipinski definition) is 2. The van der Waals surface area contributed by atoms with E-state index in [1.807, 2.05) is 0 Å². The Labute approximate surface area is 124 Å². The molecule has 0 bridgehead atoms. The van der Waals surface area contributed by atoms with Crippen LogP contribution in [-0.2, 0) is 0 Å². The molecule has 2 heteroatoms. The van der Waals surface area contributed by atoms with E-state index < -0.39 is 0 Å². The van der Waals surface area contributed by atoms with E-state index >= 15 is 0 Å². The molecule has 20 heavy (non-hydrogen) atoms. The average molecular weight is 274 g/mol. The van der Waals surface area contributed by atoms with Crippen LogP contribution < -0.4 is 5.73 Å². The number of likely N-dealkylation sites (tertiary alicyclic amines) is 1. The number of hydrogen-bond donors (Lipinski definition) is 1. The van der Waals surface area contributed by atoms with Crippen LogP contribution in [0, 0.1) is 0 Å². The highest BCUT2D eigenvalue weighted by Crippen LogP contribution is 2.21. The summed E-state index contributed by atoms with van der Waals surface area (Å²) in [6.45, 7) is 7.97. The van der Waals surface area contributed by atoms with Gasteiger partial charge in [-0.2, -0.15) is 0 Å². The molecule has 1 fully saturated rings. The fourth-order valence-electron chi connectivity index (χ4n) is 3.01. The van der Waals surface area contributed by atoms with Gasteiger partial charge in [0.15, 0.2) is 0 Å². The predicted molar refractivity (Wildman–Crippen MR) is 87.0 cm³/mol. The standard InChI is InChI=1S/C18H30N2/c1-3-15(2)16-8-10-17(11-9-16)18(19)14-20-12-6-4-5-7-13-20/h8-11,15,18H,3-7,12-14,19H2,1-2H3. The molecule has 0 amide bonds. The molecule has 112 valence electrons. The predicted octanol–water partition coefficient (Wildman–Crippen LogP) is 4.08. The summed E-state index contributed by atoms with van der Waals surface area (Å²) < 4.78 is 0. The molecule has 2 N–H and O–H groups in total. The highest BCUT2D eigenvalue weighted by Gasteiger charge is 2.14. The Bertz CT molecular complexity index is 377. The normalized spacial score (nSPS) is 20.4. The SMILES string of the molecule is CCC(C)c1ccc(C(N)CN2CCCCCC2)cc1. The molecule has 2 nitrogen and oxygen atoms in total. The van der Waals surface area contributed by atoms with Gasteiger partial charge in [0.25, 0.3) is 0 Å². The molecule has 1 aliphatic heterocycles. The van der Waals surface area contributed by atoms with Crippen LogP contribution in [-0.4, -0.2) is 24.5 Å². The van der Waals surface area contributed by atoms with Crippen molar-refractivity contribution >= 4 is 0 Å². The minimum Gasteiger partial charge on any atom is -0.323 e. The molecule has 2 atom stereocenters. The third kappa shape index (κ3) is 4.32. The van der Waals surface area contributed by atoms with E-state index in [0.717, 1.165) is 6.54 Å². The van der Waals surface area contributed by atoms with Gasteiger partial charge in [-0.15, -0.1) is 0 Å². The van der Waals surface area contributed by atoms with Crippen molar-refractivity contribution in [3.8, 4) is 0 Å². The quantitative estimate of drug-likeness (QED) is 0.876. The highest BCUT2D eigenvalue weighted by molar-refractivity contribution is 5.27. The van der Waals surface area contributed by atoms with Crippen LogP contribution in [0.25, 0.3) is 0 Å². The molecule has 0 aromatic heterocycles. The van der Waals surface area contributed by atoms with Crippen LogP contribution in [0.3, 0.4) is 0 Å². The summed E-state index contributed by atoms with van der Waals surface area (Å²) in [6.07, 6.45) is 6.63. The lowest BCUT2D eigenvalue weighted by Crippen LogP contribution is -2.33. The van der Waals surface area contributed by atoms with Crippen LogP contribution in [0.2, 0.25) is 0 Å². The van der Waals surface area contributed by atoms with Crippen LogP contribution >= 0.6 is 0 Å². The Morgan fingerprint density at radius 1 is 1.00 bits per heavy atom. The van der Waals surface area contributed by atoms with Crippen molar-refractivity contribution in [2.75, 3.05) is 19.6 Å². The van der Waals surface area contributed by atoms with Crippen LogP contribution in [0.15, 0.2) is 24.3 Å². The first-order valence-electron chi connectivity index (χ1n) is 8.28. The zero-order valence-corrected chi connectivity index (χ0v) is 13.1. The van der Waals surface area contributed by atoms with Crippen molar-refractivity contribution in [1.29, 1.82) is 0 Å². The van der Waals surface area contributed by atoms with Crippen LogP contribution in [0.4, 0.5) is 0 Å². The zero-order chi connectivity index (χ0) is 14.4. The average Bonchev–Trinajstić information content (AvgIpc) is 2.75. The summed E-state index contributed by atoms with van der Waals surface area (Å²) in [5.41, 5.74) is 9.10. The Kier molecular flexibility index (Phi) is 6.06. The number of nitrogens with zero attached hydrogens (tertiary/aromatic N) is 1. The minimum atomic E-state index is 0.152. The first-order valence-corrected chi connectivity index (χ1v) is 8.28. The molecule has 1 heterocycles. The van der Waals surface area contributed by atoms with E-state index in [1.54, 1.807) is 0 Å². The van der Waals surface area contributed by atoms with Gasteiger partial charge in [0.05, 0.1) is 0 Å². The first-order chi connectivity index (χ1) is 9.70. The Morgan fingerprint density at radius 2 is 1.55 bits per heavy atom. The summed E-state index contributed by atoms with van der Waals surface area (Å²) in [4.78, 5) is 2.54. The molecule has 2 unspecified atom stereocenters. The molecule has 0 radical (unpaired) electrons. The smallest absolute Gasteiger partial charge is 0.0424 e. The summed E-state index contributed by atoms with van der Waals surface area (Å²) in [6, 6.07) is 9.12. The molecule has 0 saturated carbocycles. The first kappa shape index (κ1) is 15.5. The Hall–Kier alpha value is -0.860. The van der Waals surface area contributed by atoms with Gasteiger partial charge >= 0.3 is 0 Å². The van der Waals surface area contributed by atoms with Crippen molar-refractivity contribution in [2.45, 2.75) is 57.9 Å². The van der Waals surface area contributed by atoms with Gasteiger partial charge in [0.1, 0.15) is 0 Å². The van der Waals surface area contributed by atoms with Crippen molar-refractivity contribution < 1.29 is 0 Å².